The van der Waals surface area contributed by atoms with E-state index in [9.17, 15) is 4.79 Å². The molecule has 118 valence electrons. The Bertz CT molecular complexity index is 467. The number of hydrogen-bond donors (Lipinski definition) is 3. The number of nitrogen functional groups attached to an aromatic ring is 1. The van der Waals surface area contributed by atoms with Gasteiger partial charge in [-0.3, -0.25) is 4.79 Å². The predicted molar refractivity (Wildman–Crippen MR) is 89.1 cm³/mol. The lowest BCUT2D eigenvalue weighted by Crippen LogP contribution is -2.29. The minimum absolute atomic E-state index is 0.172. The number of hydrazine groups is 1. The number of nitrogens with one attached hydrogen (secondary N) is 2. The van der Waals surface area contributed by atoms with Crippen LogP contribution in [0, 0.1) is 0 Å². The average Bonchev–Trinajstić information content (AvgIpc) is 2.46. The molecule has 1 aromatic heterocycles. The SMILES string of the molecule is CC(C)N(C)CCCCNC(=O)c1cc(Br)cnc1NN. The van der Waals surface area contributed by atoms with Crippen LogP contribution in [0.4, 0.5) is 5.82 Å². The van der Waals surface area contributed by atoms with E-state index in [1.165, 1.54) is 0 Å². The standard InChI is InChI=1S/C14H24BrN5O/c1-10(2)20(3)7-5-4-6-17-14(21)12-8-11(15)9-18-13(12)19-16/h8-10H,4-7,16H2,1-3H3,(H,17,21)(H,18,19). The molecule has 0 bridgehead atoms. The Labute approximate surface area is 134 Å². The highest BCUT2D eigenvalue weighted by atomic mass is 79.9. The second-order valence-electron chi connectivity index (χ2n) is 5.23. The van der Waals surface area contributed by atoms with E-state index in [1.807, 2.05) is 0 Å². The highest BCUT2D eigenvalue weighted by Crippen LogP contribution is 2.17. The first-order valence-corrected chi connectivity index (χ1v) is 7.85. The van der Waals surface area contributed by atoms with Gasteiger partial charge in [0.2, 0.25) is 0 Å². The summed E-state index contributed by atoms with van der Waals surface area (Å²) in [7, 11) is 2.11. The van der Waals surface area contributed by atoms with Gasteiger partial charge >= 0.3 is 0 Å². The average molecular weight is 358 g/mol. The van der Waals surface area contributed by atoms with Crippen molar-refractivity contribution in [3.05, 3.63) is 22.3 Å². The van der Waals surface area contributed by atoms with Gasteiger partial charge in [0.05, 0.1) is 5.56 Å². The van der Waals surface area contributed by atoms with Crippen molar-refractivity contribution < 1.29 is 4.79 Å². The predicted octanol–water partition coefficient (Wildman–Crippen LogP) is 1.98. The van der Waals surface area contributed by atoms with Crippen molar-refractivity contribution in [1.82, 2.24) is 15.2 Å². The summed E-state index contributed by atoms with van der Waals surface area (Å²) in [6, 6.07) is 2.25. The lowest BCUT2D eigenvalue weighted by molar-refractivity contribution is 0.0953. The van der Waals surface area contributed by atoms with Gasteiger partial charge in [-0.25, -0.2) is 10.8 Å². The maximum atomic E-state index is 12.1. The lowest BCUT2D eigenvalue weighted by atomic mass is 10.2. The van der Waals surface area contributed by atoms with Crippen LogP contribution in [0.3, 0.4) is 0 Å². The molecule has 6 nitrogen and oxygen atoms in total. The van der Waals surface area contributed by atoms with Gasteiger partial charge in [-0.2, -0.15) is 0 Å². The molecule has 0 aliphatic heterocycles. The van der Waals surface area contributed by atoms with Crippen molar-refractivity contribution in [3.63, 3.8) is 0 Å². The third kappa shape index (κ3) is 5.99. The van der Waals surface area contributed by atoms with Gasteiger partial charge in [0, 0.05) is 23.3 Å². The molecule has 0 spiro atoms. The van der Waals surface area contributed by atoms with Crippen molar-refractivity contribution >= 4 is 27.7 Å². The maximum Gasteiger partial charge on any atom is 0.255 e. The Morgan fingerprint density at radius 1 is 1.48 bits per heavy atom. The Balaban J connectivity index is 2.39. The monoisotopic (exact) mass is 357 g/mol. The number of aromatic nitrogens is 1. The van der Waals surface area contributed by atoms with Gasteiger partial charge in [0.1, 0.15) is 0 Å². The van der Waals surface area contributed by atoms with E-state index >= 15 is 0 Å². The number of nitrogens with two attached hydrogens (primary N) is 1. The Hall–Kier alpha value is -1.18. The number of rotatable bonds is 8. The van der Waals surface area contributed by atoms with Gasteiger partial charge in [0.15, 0.2) is 5.82 Å². The fourth-order valence-corrected chi connectivity index (χ4v) is 2.10. The first kappa shape index (κ1) is 17.9. The topological polar surface area (TPSA) is 83.3 Å². The summed E-state index contributed by atoms with van der Waals surface area (Å²) in [4.78, 5) is 18.4. The van der Waals surface area contributed by atoms with E-state index in [0.29, 0.717) is 24.0 Å². The van der Waals surface area contributed by atoms with E-state index < -0.39 is 0 Å². The largest absolute Gasteiger partial charge is 0.352 e. The molecule has 0 unspecified atom stereocenters. The number of amides is 1. The molecular weight excluding hydrogens is 334 g/mol. The third-order valence-corrected chi connectivity index (χ3v) is 3.77. The zero-order valence-electron chi connectivity index (χ0n) is 12.8. The summed E-state index contributed by atoms with van der Waals surface area (Å²) < 4.78 is 0.741. The summed E-state index contributed by atoms with van der Waals surface area (Å²) in [5, 5.41) is 2.89. The van der Waals surface area contributed by atoms with E-state index in [2.05, 4.69) is 57.5 Å². The van der Waals surface area contributed by atoms with Crippen molar-refractivity contribution in [2.24, 2.45) is 5.84 Å². The van der Waals surface area contributed by atoms with E-state index in [0.717, 1.165) is 23.9 Å². The minimum atomic E-state index is -0.172. The number of anilines is 1. The molecule has 4 N–H and O–H groups in total. The summed E-state index contributed by atoms with van der Waals surface area (Å²) in [6.45, 7) is 6.01. The number of unbranched alkanes of at least 4 members (excludes halogenated alkanes) is 1. The normalized spacial score (nSPS) is 11.0. The molecule has 0 saturated heterocycles. The number of nitrogens with zero attached hydrogens (tertiary/aromatic N) is 2. The van der Waals surface area contributed by atoms with Crippen LogP contribution in [0.2, 0.25) is 0 Å². The molecule has 21 heavy (non-hydrogen) atoms. The summed E-state index contributed by atoms with van der Waals surface area (Å²) >= 11 is 3.30. The second kappa shape index (κ2) is 8.96. The van der Waals surface area contributed by atoms with Crippen LogP contribution < -0.4 is 16.6 Å². The molecule has 0 atom stereocenters. The molecule has 1 rings (SSSR count). The summed E-state index contributed by atoms with van der Waals surface area (Å²) in [5.41, 5.74) is 2.87. The van der Waals surface area contributed by atoms with E-state index in [4.69, 9.17) is 5.84 Å². The summed E-state index contributed by atoms with van der Waals surface area (Å²) in [5.74, 6) is 5.56. The lowest BCUT2D eigenvalue weighted by Gasteiger charge is -2.20. The quantitative estimate of drug-likeness (QED) is 0.376. The van der Waals surface area contributed by atoms with Crippen molar-refractivity contribution in [3.8, 4) is 0 Å². The van der Waals surface area contributed by atoms with Crippen LogP contribution in [-0.2, 0) is 0 Å². The first-order chi connectivity index (χ1) is 9.95. The van der Waals surface area contributed by atoms with Crippen LogP contribution in [0.15, 0.2) is 16.7 Å². The first-order valence-electron chi connectivity index (χ1n) is 7.06. The zero-order valence-corrected chi connectivity index (χ0v) is 14.4. The molecule has 7 heteroatoms. The number of pyridine rings is 1. The van der Waals surface area contributed by atoms with Crippen molar-refractivity contribution in [2.75, 3.05) is 25.6 Å². The molecule has 1 aromatic rings. The van der Waals surface area contributed by atoms with Gasteiger partial charge in [-0.1, -0.05) is 0 Å². The fraction of sp³-hybridized carbons (Fsp3) is 0.571. The van der Waals surface area contributed by atoms with Crippen LogP contribution >= 0.6 is 15.9 Å². The van der Waals surface area contributed by atoms with Gasteiger partial charge < -0.3 is 15.6 Å². The zero-order chi connectivity index (χ0) is 15.8. The Kier molecular flexibility index (Phi) is 7.63. The maximum absolute atomic E-state index is 12.1. The molecule has 1 heterocycles. The molecule has 0 aliphatic carbocycles. The Morgan fingerprint density at radius 2 is 2.19 bits per heavy atom. The van der Waals surface area contributed by atoms with E-state index in [-0.39, 0.29) is 5.91 Å². The van der Waals surface area contributed by atoms with Crippen LogP contribution in [0.25, 0.3) is 0 Å². The Morgan fingerprint density at radius 3 is 2.81 bits per heavy atom. The molecule has 0 radical (unpaired) electrons. The molecule has 0 aliphatic rings. The fourth-order valence-electron chi connectivity index (χ4n) is 1.77. The third-order valence-electron chi connectivity index (χ3n) is 3.34. The van der Waals surface area contributed by atoms with Gasteiger partial charge in [0.25, 0.3) is 5.91 Å². The molecule has 1 amide bonds. The number of carbonyl (C=O) groups excluding carboxylic acids is 1. The minimum Gasteiger partial charge on any atom is -0.352 e. The smallest absolute Gasteiger partial charge is 0.255 e. The van der Waals surface area contributed by atoms with Crippen LogP contribution in [0.5, 0.6) is 0 Å². The molecular formula is C14H24BrN5O. The second-order valence-corrected chi connectivity index (χ2v) is 6.15. The number of hydrogen-bond acceptors (Lipinski definition) is 5. The van der Waals surface area contributed by atoms with Crippen molar-refractivity contribution in [2.45, 2.75) is 32.7 Å². The molecule has 0 aromatic carbocycles. The van der Waals surface area contributed by atoms with Gasteiger partial charge in [-0.05, 0) is 62.3 Å². The molecule has 0 saturated carbocycles. The van der Waals surface area contributed by atoms with Gasteiger partial charge in [-0.15, -0.1) is 0 Å². The van der Waals surface area contributed by atoms with Crippen LogP contribution in [-0.4, -0.2) is 42.0 Å². The highest BCUT2D eigenvalue weighted by Gasteiger charge is 2.12. The molecule has 0 fully saturated rings. The summed E-state index contributed by atoms with van der Waals surface area (Å²) in [6.07, 6.45) is 3.58. The van der Waals surface area contributed by atoms with Crippen LogP contribution in [0.1, 0.15) is 37.0 Å². The number of carbonyl (C=O) groups is 1. The number of halogens is 1. The van der Waals surface area contributed by atoms with E-state index in [1.54, 1.807) is 12.3 Å². The highest BCUT2D eigenvalue weighted by molar-refractivity contribution is 9.10. The van der Waals surface area contributed by atoms with Crippen molar-refractivity contribution in [1.29, 1.82) is 0 Å².